The molecule has 0 spiro atoms. The van der Waals surface area contributed by atoms with Crippen molar-refractivity contribution >= 4 is 0 Å². The van der Waals surface area contributed by atoms with Crippen LogP contribution < -0.4 is 4.74 Å². The molecule has 4 aromatic carbocycles. The van der Waals surface area contributed by atoms with Gasteiger partial charge in [0.2, 0.25) is 0 Å². The maximum absolute atomic E-state index is 15.3. The summed E-state index contributed by atoms with van der Waals surface area (Å²) in [5.41, 5.74) is -2.23. The first-order valence-corrected chi connectivity index (χ1v) is 16.9. The highest BCUT2D eigenvalue weighted by molar-refractivity contribution is 5.72. The summed E-state index contributed by atoms with van der Waals surface area (Å²) in [6.45, 7) is 2.18. The van der Waals surface area contributed by atoms with E-state index in [1.807, 2.05) is 6.07 Å². The van der Waals surface area contributed by atoms with Crippen LogP contribution in [-0.2, 0) is 12.5 Å². The Kier molecular flexibility index (Phi) is 12.2. The van der Waals surface area contributed by atoms with Crippen molar-refractivity contribution in [1.82, 2.24) is 0 Å². The Bertz CT molecular complexity index is 1830. The Labute approximate surface area is 290 Å². The molecule has 5 rings (SSSR count). The average molecular weight is 723 g/mol. The third-order valence-corrected chi connectivity index (χ3v) is 9.51. The van der Waals surface area contributed by atoms with E-state index < -0.39 is 82.4 Å². The molecule has 0 unspecified atom stereocenters. The summed E-state index contributed by atoms with van der Waals surface area (Å²) in [4.78, 5) is 0. The molecule has 0 atom stereocenters. The lowest BCUT2D eigenvalue weighted by molar-refractivity contribution is -0.189. The first kappa shape index (κ1) is 38.0. The van der Waals surface area contributed by atoms with Crippen molar-refractivity contribution in [2.75, 3.05) is 0 Å². The predicted octanol–water partition coefficient (Wildman–Crippen LogP) is 13.6. The van der Waals surface area contributed by atoms with Gasteiger partial charge in [0.05, 0.1) is 0 Å². The molecular weight excluding hydrogens is 686 g/mol. The van der Waals surface area contributed by atoms with Crippen LogP contribution in [0.1, 0.15) is 87.3 Å². The number of ether oxygens (including phenoxy) is 1. The molecule has 0 aliphatic heterocycles. The summed E-state index contributed by atoms with van der Waals surface area (Å²) < 4.78 is 148. The molecule has 0 amide bonds. The molecule has 1 fully saturated rings. The largest absolute Gasteiger partial charge is 0.432 e. The lowest BCUT2D eigenvalue weighted by atomic mass is 9.77. The molecule has 1 saturated carbocycles. The second-order valence-electron chi connectivity index (χ2n) is 13.0. The van der Waals surface area contributed by atoms with Gasteiger partial charge in [0, 0.05) is 28.8 Å². The number of hydrogen-bond donors (Lipinski definition) is 0. The molecule has 1 nitrogen and oxygen atoms in total. The minimum Gasteiger partial charge on any atom is -0.429 e. The van der Waals surface area contributed by atoms with Gasteiger partial charge in [0.1, 0.15) is 46.2 Å². The summed E-state index contributed by atoms with van der Waals surface area (Å²) in [5.74, 6) is -8.21. The highest BCUT2D eigenvalue weighted by Gasteiger charge is 2.41. The average Bonchev–Trinajstić information content (AvgIpc) is 3.05. The van der Waals surface area contributed by atoms with Crippen molar-refractivity contribution in [2.45, 2.75) is 83.2 Å². The summed E-state index contributed by atoms with van der Waals surface area (Å²) in [6.07, 6.45) is 1.60. The van der Waals surface area contributed by atoms with Crippen molar-refractivity contribution in [1.29, 1.82) is 0 Å². The number of alkyl halides is 2. The van der Waals surface area contributed by atoms with Crippen LogP contribution in [-0.4, -0.2) is 0 Å². The first-order valence-electron chi connectivity index (χ1n) is 16.9. The number of unbranched alkanes of at least 4 members (excludes halogenated alkanes) is 2. The van der Waals surface area contributed by atoms with Gasteiger partial charge in [-0.1, -0.05) is 56.9 Å². The van der Waals surface area contributed by atoms with E-state index in [0.29, 0.717) is 36.3 Å². The van der Waals surface area contributed by atoms with E-state index in [0.717, 1.165) is 43.4 Å². The maximum Gasteiger partial charge on any atom is 0.432 e. The van der Waals surface area contributed by atoms with Gasteiger partial charge < -0.3 is 4.74 Å². The lowest BCUT2D eigenvalue weighted by Gasteiger charge is -2.29. The van der Waals surface area contributed by atoms with E-state index in [4.69, 9.17) is 0 Å². The zero-order valence-corrected chi connectivity index (χ0v) is 27.8. The minimum atomic E-state index is -4.78. The van der Waals surface area contributed by atoms with Crippen LogP contribution in [0.4, 0.5) is 43.9 Å². The van der Waals surface area contributed by atoms with Crippen LogP contribution in [0.25, 0.3) is 22.3 Å². The van der Waals surface area contributed by atoms with Crippen molar-refractivity contribution in [3.63, 3.8) is 0 Å². The minimum absolute atomic E-state index is 0.119. The Morgan fingerprint density at radius 2 is 1.29 bits per heavy atom. The van der Waals surface area contributed by atoms with E-state index >= 15 is 17.6 Å². The first-order chi connectivity index (χ1) is 24.3. The van der Waals surface area contributed by atoms with Gasteiger partial charge in [0.25, 0.3) is 6.08 Å². The SMILES string of the molecule is CCCCCC1CCC(c2ccc(-c3ccc(-c4cc(F)c(C(F)(F)Oc5cc(F)c(CCC=C(F)F)c(F)c5)c(F)c4)c(F)c3)c(F)c2)CC1. The highest BCUT2D eigenvalue weighted by Crippen LogP contribution is 2.41. The molecule has 0 N–H and O–H groups in total. The summed E-state index contributed by atoms with van der Waals surface area (Å²) >= 11 is 0. The van der Waals surface area contributed by atoms with Gasteiger partial charge in [-0.25, -0.2) is 26.3 Å². The van der Waals surface area contributed by atoms with E-state index in [-0.39, 0.29) is 22.6 Å². The Balaban J connectivity index is 1.30. The van der Waals surface area contributed by atoms with Gasteiger partial charge in [-0.3, -0.25) is 0 Å². The standard InChI is InChI=1S/C40H36F10O/c1-2-3-4-6-23-9-11-24(12-10-23)25-13-15-29(32(41)17-25)26-14-16-30(33(42)18-26)27-19-36(45)39(37(46)20-27)40(49,50)51-28-21-34(43)31(35(44)22-28)7-5-8-38(47)48/h8,13-24H,2-7,9-12H2,1H3. The summed E-state index contributed by atoms with van der Waals surface area (Å²) in [5, 5.41) is 0. The van der Waals surface area contributed by atoms with Crippen LogP contribution in [0.3, 0.4) is 0 Å². The van der Waals surface area contributed by atoms with E-state index in [1.54, 1.807) is 6.07 Å². The zero-order valence-electron chi connectivity index (χ0n) is 27.8. The second kappa shape index (κ2) is 16.4. The van der Waals surface area contributed by atoms with Crippen molar-refractivity contribution in [3.05, 3.63) is 124 Å². The van der Waals surface area contributed by atoms with E-state index in [9.17, 15) is 26.3 Å². The molecule has 0 bridgehead atoms. The number of benzene rings is 4. The molecular formula is C40H36F10O. The molecule has 11 heteroatoms. The topological polar surface area (TPSA) is 9.23 Å². The summed E-state index contributed by atoms with van der Waals surface area (Å²) in [7, 11) is 0. The van der Waals surface area contributed by atoms with Crippen molar-refractivity contribution in [2.24, 2.45) is 5.92 Å². The Hall–Kier alpha value is -4.28. The molecule has 51 heavy (non-hydrogen) atoms. The third-order valence-electron chi connectivity index (χ3n) is 9.51. The molecule has 0 aromatic heterocycles. The fourth-order valence-corrected chi connectivity index (χ4v) is 6.81. The molecule has 4 aromatic rings. The quantitative estimate of drug-likeness (QED) is 0.0986. The molecule has 0 radical (unpaired) electrons. The van der Waals surface area contributed by atoms with Crippen LogP contribution in [0.15, 0.2) is 72.8 Å². The van der Waals surface area contributed by atoms with Crippen LogP contribution >= 0.6 is 0 Å². The van der Waals surface area contributed by atoms with Crippen molar-refractivity contribution < 1.29 is 48.6 Å². The van der Waals surface area contributed by atoms with Crippen LogP contribution in [0, 0.1) is 40.8 Å². The van der Waals surface area contributed by atoms with Crippen molar-refractivity contribution in [3.8, 4) is 28.0 Å². The zero-order chi connectivity index (χ0) is 36.9. The number of hydrogen-bond acceptors (Lipinski definition) is 1. The molecule has 0 heterocycles. The van der Waals surface area contributed by atoms with Gasteiger partial charge in [-0.2, -0.15) is 17.6 Å². The highest BCUT2D eigenvalue weighted by atomic mass is 19.3. The molecule has 1 aliphatic carbocycles. The van der Waals surface area contributed by atoms with Crippen LogP contribution in [0.2, 0.25) is 0 Å². The fourth-order valence-electron chi connectivity index (χ4n) is 6.81. The van der Waals surface area contributed by atoms with E-state index in [1.165, 1.54) is 37.8 Å². The lowest BCUT2D eigenvalue weighted by Crippen LogP contribution is -2.25. The number of allylic oxidation sites excluding steroid dienone is 1. The van der Waals surface area contributed by atoms with Gasteiger partial charge in [-0.05, 0) is 97.4 Å². The Morgan fingerprint density at radius 3 is 1.88 bits per heavy atom. The van der Waals surface area contributed by atoms with Crippen LogP contribution in [0.5, 0.6) is 5.75 Å². The maximum atomic E-state index is 15.3. The van der Waals surface area contributed by atoms with Gasteiger partial charge >= 0.3 is 6.11 Å². The Morgan fingerprint density at radius 1 is 0.706 bits per heavy atom. The smallest absolute Gasteiger partial charge is 0.429 e. The second-order valence-corrected chi connectivity index (χ2v) is 13.0. The van der Waals surface area contributed by atoms with Gasteiger partial charge in [0.15, 0.2) is 0 Å². The van der Waals surface area contributed by atoms with Gasteiger partial charge in [-0.15, -0.1) is 0 Å². The number of rotatable bonds is 13. The normalized spacial score (nSPS) is 16.3. The molecule has 1 aliphatic rings. The monoisotopic (exact) mass is 722 g/mol. The summed E-state index contributed by atoms with van der Waals surface area (Å²) in [6, 6.07) is 9.88. The third kappa shape index (κ3) is 9.15. The molecule has 272 valence electrons. The molecule has 0 saturated heterocycles. The number of halogens is 10. The van der Waals surface area contributed by atoms with E-state index in [2.05, 4.69) is 11.7 Å². The fraction of sp³-hybridized carbons (Fsp3) is 0.350. The predicted molar refractivity (Wildman–Crippen MR) is 175 cm³/mol.